The summed E-state index contributed by atoms with van der Waals surface area (Å²) in [4.78, 5) is 11.9. The monoisotopic (exact) mass is 286 g/mol. The molecule has 1 aliphatic carbocycles. The van der Waals surface area contributed by atoms with E-state index in [1.165, 1.54) is 11.1 Å². The average Bonchev–Trinajstić information content (AvgIpc) is 2.37. The van der Waals surface area contributed by atoms with E-state index in [0.717, 1.165) is 12.8 Å². The number of ether oxygens (including phenoxy) is 1. The Hall–Kier alpha value is -1.57. The molecule has 1 aliphatic rings. The standard InChI is InChI=1S/C19H26O2/c1-13(2)17(20)21-19(5,6)16-12-11-14-9-7-8-10-15(14)18(16,3)4/h7-10,16H,1,11-12H2,2-6H3. The van der Waals surface area contributed by atoms with Crippen molar-refractivity contribution < 1.29 is 9.53 Å². The highest BCUT2D eigenvalue weighted by Gasteiger charge is 2.46. The van der Waals surface area contributed by atoms with Crippen molar-refractivity contribution in [3.63, 3.8) is 0 Å². The van der Waals surface area contributed by atoms with Gasteiger partial charge in [-0.3, -0.25) is 0 Å². The SMILES string of the molecule is C=C(C)C(=O)OC(C)(C)C1CCc2ccccc2C1(C)C. The van der Waals surface area contributed by atoms with Crippen molar-refractivity contribution in [1.82, 2.24) is 0 Å². The normalized spacial score (nSPS) is 20.5. The second-order valence-electron chi connectivity index (χ2n) is 7.24. The van der Waals surface area contributed by atoms with Gasteiger partial charge in [-0.15, -0.1) is 0 Å². The fraction of sp³-hybridized carbons (Fsp3) is 0.526. The van der Waals surface area contributed by atoms with Crippen molar-refractivity contribution in [2.45, 2.75) is 58.5 Å². The highest BCUT2D eigenvalue weighted by atomic mass is 16.6. The van der Waals surface area contributed by atoms with Crippen LogP contribution in [0, 0.1) is 5.92 Å². The molecule has 21 heavy (non-hydrogen) atoms. The van der Waals surface area contributed by atoms with Crippen LogP contribution in [-0.4, -0.2) is 11.6 Å². The first-order valence-electron chi connectivity index (χ1n) is 7.63. The average molecular weight is 286 g/mol. The summed E-state index contributed by atoms with van der Waals surface area (Å²) < 4.78 is 5.75. The van der Waals surface area contributed by atoms with Gasteiger partial charge in [-0.25, -0.2) is 4.79 Å². The second-order valence-corrected chi connectivity index (χ2v) is 7.24. The highest BCUT2D eigenvalue weighted by Crippen LogP contribution is 2.47. The molecule has 0 fully saturated rings. The maximum atomic E-state index is 11.9. The molecule has 0 bridgehead atoms. The predicted molar refractivity (Wildman–Crippen MR) is 86.3 cm³/mol. The van der Waals surface area contributed by atoms with Gasteiger partial charge in [0.25, 0.3) is 0 Å². The lowest BCUT2D eigenvalue weighted by Gasteiger charge is -2.47. The van der Waals surface area contributed by atoms with Crippen LogP contribution in [-0.2, 0) is 21.4 Å². The van der Waals surface area contributed by atoms with Crippen LogP contribution in [0.1, 0.15) is 52.2 Å². The van der Waals surface area contributed by atoms with E-state index in [1.54, 1.807) is 6.92 Å². The van der Waals surface area contributed by atoms with Gasteiger partial charge in [0.2, 0.25) is 0 Å². The molecule has 1 atom stereocenters. The Morgan fingerprint density at radius 2 is 1.95 bits per heavy atom. The number of aryl methyl sites for hydroxylation is 1. The van der Waals surface area contributed by atoms with Crippen LogP contribution in [0.5, 0.6) is 0 Å². The fourth-order valence-electron chi connectivity index (χ4n) is 3.83. The topological polar surface area (TPSA) is 26.3 Å². The summed E-state index contributed by atoms with van der Waals surface area (Å²) in [5, 5.41) is 0. The van der Waals surface area contributed by atoms with Gasteiger partial charge >= 0.3 is 5.97 Å². The molecular formula is C19H26O2. The van der Waals surface area contributed by atoms with Gasteiger partial charge in [-0.05, 0) is 50.2 Å². The molecule has 2 rings (SSSR count). The van der Waals surface area contributed by atoms with Crippen LogP contribution in [0.3, 0.4) is 0 Å². The number of esters is 1. The van der Waals surface area contributed by atoms with Crippen molar-refractivity contribution in [3.8, 4) is 0 Å². The first kappa shape index (κ1) is 15.8. The van der Waals surface area contributed by atoms with E-state index in [0.29, 0.717) is 5.57 Å². The molecule has 1 unspecified atom stereocenters. The maximum absolute atomic E-state index is 11.9. The number of benzene rings is 1. The van der Waals surface area contributed by atoms with E-state index in [1.807, 2.05) is 13.8 Å². The lowest BCUT2D eigenvalue weighted by Crippen LogP contribution is -2.49. The number of carbonyl (C=O) groups is 1. The van der Waals surface area contributed by atoms with Gasteiger partial charge in [0, 0.05) is 11.5 Å². The number of hydrogen-bond acceptors (Lipinski definition) is 2. The minimum absolute atomic E-state index is 0.0201. The highest BCUT2D eigenvalue weighted by molar-refractivity contribution is 5.87. The van der Waals surface area contributed by atoms with Crippen molar-refractivity contribution in [2.24, 2.45) is 5.92 Å². The Kier molecular flexibility index (Phi) is 4.01. The van der Waals surface area contributed by atoms with Gasteiger partial charge in [0.1, 0.15) is 5.60 Å². The molecule has 2 nitrogen and oxygen atoms in total. The van der Waals surface area contributed by atoms with Crippen molar-refractivity contribution in [2.75, 3.05) is 0 Å². The van der Waals surface area contributed by atoms with E-state index in [2.05, 4.69) is 44.7 Å². The van der Waals surface area contributed by atoms with Crippen LogP contribution in [0.15, 0.2) is 36.4 Å². The number of carbonyl (C=O) groups excluding carboxylic acids is 1. The van der Waals surface area contributed by atoms with Gasteiger partial charge in [0.05, 0.1) is 0 Å². The Morgan fingerprint density at radius 1 is 1.33 bits per heavy atom. The van der Waals surface area contributed by atoms with Gasteiger partial charge in [-0.2, -0.15) is 0 Å². The molecular weight excluding hydrogens is 260 g/mol. The number of fused-ring (bicyclic) bond motifs is 1. The summed E-state index contributed by atoms with van der Waals surface area (Å²) in [6.07, 6.45) is 2.07. The minimum Gasteiger partial charge on any atom is -0.456 e. The maximum Gasteiger partial charge on any atom is 0.333 e. The summed E-state index contributed by atoms with van der Waals surface area (Å²) in [7, 11) is 0. The van der Waals surface area contributed by atoms with Gasteiger partial charge < -0.3 is 4.74 Å². The summed E-state index contributed by atoms with van der Waals surface area (Å²) in [6.45, 7) is 13.9. The molecule has 2 heteroatoms. The van der Waals surface area contributed by atoms with Crippen LogP contribution in [0.2, 0.25) is 0 Å². The summed E-state index contributed by atoms with van der Waals surface area (Å²) in [5.41, 5.74) is 2.72. The lowest BCUT2D eigenvalue weighted by atomic mass is 9.60. The second kappa shape index (κ2) is 5.32. The first-order chi connectivity index (χ1) is 9.66. The molecule has 0 spiro atoms. The molecule has 1 aromatic carbocycles. The zero-order valence-electron chi connectivity index (χ0n) is 13.8. The number of rotatable bonds is 3. The molecule has 0 heterocycles. The molecule has 0 N–H and O–H groups in total. The number of hydrogen-bond donors (Lipinski definition) is 0. The molecule has 0 aliphatic heterocycles. The van der Waals surface area contributed by atoms with Crippen molar-refractivity contribution >= 4 is 5.97 Å². The third-order valence-corrected chi connectivity index (χ3v) is 4.83. The van der Waals surface area contributed by atoms with Crippen LogP contribution in [0.25, 0.3) is 0 Å². The summed E-state index contributed by atoms with van der Waals surface area (Å²) >= 11 is 0. The van der Waals surface area contributed by atoms with Crippen LogP contribution >= 0.6 is 0 Å². The molecule has 0 saturated heterocycles. The lowest BCUT2D eigenvalue weighted by molar-refractivity contribution is -0.160. The molecule has 0 saturated carbocycles. The zero-order valence-corrected chi connectivity index (χ0v) is 13.8. The first-order valence-corrected chi connectivity index (χ1v) is 7.63. The van der Waals surface area contributed by atoms with Crippen molar-refractivity contribution in [3.05, 3.63) is 47.5 Å². The Balaban J connectivity index is 2.33. The third-order valence-electron chi connectivity index (χ3n) is 4.83. The van der Waals surface area contributed by atoms with Crippen molar-refractivity contribution in [1.29, 1.82) is 0 Å². The molecule has 0 amide bonds. The van der Waals surface area contributed by atoms with E-state index in [-0.39, 0.29) is 17.3 Å². The fourth-order valence-corrected chi connectivity index (χ4v) is 3.83. The van der Waals surface area contributed by atoms with Crippen LogP contribution < -0.4 is 0 Å². The molecule has 1 aromatic rings. The predicted octanol–water partition coefficient (Wildman–Crippen LogP) is 4.42. The third kappa shape index (κ3) is 2.90. The molecule has 0 aromatic heterocycles. The Labute approximate surface area is 128 Å². The van der Waals surface area contributed by atoms with E-state index >= 15 is 0 Å². The van der Waals surface area contributed by atoms with Gasteiger partial charge in [0.15, 0.2) is 0 Å². The van der Waals surface area contributed by atoms with E-state index < -0.39 is 5.60 Å². The quantitative estimate of drug-likeness (QED) is 0.607. The van der Waals surface area contributed by atoms with Gasteiger partial charge in [-0.1, -0.05) is 44.7 Å². The summed E-state index contributed by atoms with van der Waals surface area (Å²) in [5.74, 6) is -0.0159. The molecule has 114 valence electrons. The zero-order chi connectivity index (χ0) is 15.8. The van der Waals surface area contributed by atoms with Crippen LogP contribution in [0.4, 0.5) is 0 Å². The summed E-state index contributed by atoms with van der Waals surface area (Å²) in [6, 6.07) is 8.61. The smallest absolute Gasteiger partial charge is 0.333 e. The Morgan fingerprint density at radius 3 is 2.57 bits per heavy atom. The van der Waals surface area contributed by atoms with E-state index in [9.17, 15) is 4.79 Å². The minimum atomic E-state index is -0.507. The molecule has 0 radical (unpaired) electrons. The van der Waals surface area contributed by atoms with E-state index in [4.69, 9.17) is 4.74 Å². The largest absolute Gasteiger partial charge is 0.456 e. The Bertz CT molecular complexity index is 567.